The lowest BCUT2D eigenvalue weighted by atomic mass is 9.86. The van der Waals surface area contributed by atoms with Gasteiger partial charge in [-0.25, -0.2) is 4.79 Å². The fraction of sp³-hybridized carbons (Fsp3) is 0.438. The predicted molar refractivity (Wildman–Crippen MR) is 149 cm³/mol. The van der Waals surface area contributed by atoms with Crippen LogP contribution in [-0.4, -0.2) is 53.1 Å². The summed E-state index contributed by atoms with van der Waals surface area (Å²) in [5.74, 6) is -0.242. The predicted octanol–water partition coefficient (Wildman–Crippen LogP) is 7.20. The maximum absolute atomic E-state index is 13.6. The van der Waals surface area contributed by atoms with Gasteiger partial charge in [-0.3, -0.25) is 14.6 Å². The smallest absolute Gasteiger partial charge is 0.416 e. The van der Waals surface area contributed by atoms with Crippen LogP contribution in [0, 0.1) is 0 Å². The minimum absolute atomic E-state index is 0.149. The summed E-state index contributed by atoms with van der Waals surface area (Å²) in [6, 6.07) is 12.1. The molecule has 6 nitrogen and oxygen atoms in total. The Morgan fingerprint density at radius 3 is 2.49 bits per heavy atom. The van der Waals surface area contributed by atoms with E-state index in [4.69, 9.17) is 9.47 Å². The number of hydrogen-bond donors (Lipinski definition) is 0. The minimum atomic E-state index is -4.50. The van der Waals surface area contributed by atoms with Crippen molar-refractivity contribution >= 4 is 17.6 Å². The first kappa shape index (κ1) is 28.9. The van der Waals surface area contributed by atoms with Crippen LogP contribution in [0.25, 0.3) is 5.57 Å². The molecule has 5 rings (SSSR count). The van der Waals surface area contributed by atoms with E-state index in [9.17, 15) is 22.8 Å². The summed E-state index contributed by atoms with van der Waals surface area (Å²) in [5.41, 5.74) is 0.722. The second kappa shape index (κ2) is 11.7. The highest BCUT2D eigenvalue weighted by Gasteiger charge is 2.52. The lowest BCUT2D eigenvalue weighted by Crippen LogP contribution is -2.46. The number of benzene rings is 2. The Balaban J connectivity index is 1.37. The third-order valence-electron chi connectivity index (χ3n) is 8.39. The van der Waals surface area contributed by atoms with E-state index >= 15 is 0 Å². The van der Waals surface area contributed by atoms with Crippen LogP contribution < -0.4 is 4.74 Å². The molecule has 2 saturated heterocycles. The molecule has 1 saturated carbocycles. The Bertz CT molecular complexity index is 1340. The van der Waals surface area contributed by atoms with Crippen molar-refractivity contribution in [1.82, 2.24) is 9.80 Å². The fourth-order valence-corrected chi connectivity index (χ4v) is 6.20. The van der Waals surface area contributed by atoms with Gasteiger partial charge in [-0.15, -0.1) is 0 Å². The van der Waals surface area contributed by atoms with E-state index in [0.29, 0.717) is 49.2 Å². The van der Waals surface area contributed by atoms with Gasteiger partial charge < -0.3 is 9.47 Å². The molecule has 3 fully saturated rings. The second-order valence-electron chi connectivity index (χ2n) is 11.1. The monoisotopic (exact) mass is 568 g/mol. The van der Waals surface area contributed by atoms with Crippen molar-refractivity contribution in [1.29, 1.82) is 0 Å². The molecule has 2 aromatic rings. The number of esters is 1. The Morgan fingerprint density at radius 1 is 1.10 bits per heavy atom. The number of carbonyl (C=O) groups is 2. The number of alkyl halides is 3. The van der Waals surface area contributed by atoms with Crippen molar-refractivity contribution in [3.8, 4) is 5.75 Å². The average molecular weight is 569 g/mol. The Kier molecular flexibility index (Phi) is 8.27. The van der Waals surface area contributed by atoms with Crippen molar-refractivity contribution < 1.29 is 32.2 Å². The van der Waals surface area contributed by atoms with Crippen molar-refractivity contribution in [2.45, 2.75) is 69.7 Å². The van der Waals surface area contributed by atoms with Gasteiger partial charge >= 0.3 is 18.2 Å². The van der Waals surface area contributed by atoms with Crippen molar-refractivity contribution in [2.24, 2.45) is 0 Å². The van der Waals surface area contributed by atoms with E-state index < -0.39 is 23.3 Å². The molecule has 0 radical (unpaired) electrons. The minimum Gasteiger partial charge on any atom is -0.436 e. The number of ether oxygens (including phenoxy) is 2. The number of nitrogens with zero attached hydrogens (tertiary/aromatic N) is 2. The van der Waals surface area contributed by atoms with Crippen molar-refractivity contribution in [3.05, 3.63) is 83.6 Å². The Labute approximate surface area is 238 Å². The highest BCUT2D eigenvalue weighted by Crippen LogP contribution is 2.43. The molecular formula is C32H35F3N2O4. The zero-order valence-electron chi connectivity index (χ0n) is 23.2. The summed E-state index contributed by atoms with van der Waals surface area (Å²) in [6.45, 7) is 7.28. The molecule has 218 valence electrons. The van der Waals surface area contributed by atoms with Crippen LogP contribution >= 0.6 is 0 Å². The van der Waals surface area contributed by atoms with Gasteiger partial charge in [0.1, 0.15) is 5.75 Å². The zero-order chi connectivity index (χ0) is 29.2. The first-order chi connectivity index (χ1) is 19.6. The summed E-state index contributed by atoms with van der Waals surface area (Å²) in [5, 5.41) is 0. The molecule has 1 spiro atoms. The number of amides is 1. The quantitative estimate of drug-likeness (QED) is 0.273. The molecule has 1 aliphatic carbocycles. The molecule has 0 aromatic heterocycles. The molecule has 1 amide bonds. The molecule has 0 N–H and O–H groups in total. The number of likely N-dealkylation sites (tertiary alicyclic amines) is 1. The molecule has 0 unspecified atom stereocenters. The fourth-order valence-electron chi connectivity index (χ4n) is 6.20. The highest BCUT2D eigenvalue weighted by atomic mass is 19.4. The van der Waals surface area contributed by atoms with Crippen LogP contribution in [0.5, 0.6) is 5.75 Å². The van der Waals surface area contributed by atoms with E-state index in [0.717, 1.165) is 43.5 Å². The number of halogens is 3. The number of para-hydroxylation sites is 1. The van der Waals surface area contributed by atoms with Gasteiger partial charge in [0.15, 0.2) is 5.60 Å². The maximum atomic E-state index is 13.6. The zero-order valence-corrected chi connectivity index (χ0v) is 23.2. The van der Waals surface area contributed by atoms with E-state index in [1.165, 1.54) is 19.4 Å². The summed E-state index contributed by atoms with van der Waals surface area (Å²) < 4.78 is 52.1. The van der Waals surface area contributed by atoms with Gasteiger partial charge in [-0.1, -0.05) is 62.2 Å². The van der Waals surface area contributed by atoms with Gasteiger partial charge in [0, 0.05) is 51.0 Å². The lowest BCUT2D eigenvalue weighted by molar-refractivity contribution is -0.137. The summed E-state index contributed by atoms with van der Waals surface area (Å²) in [4.78, 5) is 28.6. The third-order valence-corrected chi connectivity index (χ3v) is 8.39. The van der Waals surface area contributed by atoms with Crippen LogP contribution in [0.1, 0.15) is 68.6 Å². The van der Waals surface area contributed by atoms with Crippen LogP contribution in [0.3, 0.4) is 0 Å². The number of rotatable bonds is 6. The standard InChI is InChI=1S/C32H35F3N2O4/c1-22-31(41-30(39)37(22)26-11-4-3-5-12-26)16-19-36(20-17-31)18-15-27(24-9-8-10-25(21-24)32(33,34)35)28-13-6-7-14-29(28)40-23(2)38/h6-10,13-15,21,26H,1,3-5,11-12,16-20H2,2H3. The number of carbonyl (C=O) groups excluding carboxylic acids is 2. The van der Waals surface area contributed by atoms with Gasteiger partial charge in [0.2, 0.25) is 0 Å². The molecule has 0 bridgehead atoms. The molecular weight excluding hydrogens is 533 g/mol. The van der Waals surface area contributed by atoms with Crippen molar-refractivity contribution in [3.63, 3.8) is 0 Å². The molecule has 3 aliphatic rings. The average Bonchev–Trinajstić information content (AvgIpc) is 3.19. The second-order valence-corrected chi connectivity index (χ2v) is 11.1. The van der Waals surface area contributed by atoms with Crippen molar-refractivity contribution in [2.75, 3.05) is 19.6 Å². The third kappa shape index (κ3) is 6.20. The van der Waals surface area contributed by atoms with Crippen LogP contribution in [0.2, 0.25) is 0 Å². The van der Waals surface area contributed by atoms with Crippen LogP contribution in [-0.2, 0) is 15.7 Å². The normalized spacial score (nSPS) is 20.4. The van der Waals surface area contributed by atoms with E-state index in [1.54, 1.807) is 35.2 Å². The van der Waals surface area contributed by atoms with Gasteiger partial charge in [0.25, 0.3) is 0 Å². The van der Waals surface area contributed by atoms with Crippen LogP contribution in [0.4, 0.5) is 18.0 Å². The highest BCUT2D eigenvalue weighted by molar-refractivity contribution is 5.84. The molecule has 0 atom stereocenters. The SMILES string of the molecule is C=C1N(C2CCCCC2)C(=O)OC12CCN(CC=C(c1cccc(C(F)(F)F)c1)c1ccccc1OC(C)=O)CC2. The topological polar surface area (TPSA) is 59.1 Å². The summed E-state index contributed by atoms with van der Waals surface area (Å²) in [6.07, 6.45) is 3.59. The first-order valence-electron chi connectivity index (χ1n) is 14.2. The molecule has 9 heteroatoms. The maximum Gasteiger partial charge on any atom is 0.416 e. The number of piperidine rings is 1. The van der Waals surface area contributed by atoms with E-state index in [-0.39, 0.29) is 17.9 Å². The lowest BCUT2D eigenvalue weighted by Gasteiger charge is -2.39. The summed E-state index contributed by atoms with van der Waals surface area (Å²) in [7, 11) is 0. The molecule has 2 aromatic carbocycles. The summed E-state index contributed by atoms with van der Waals surface area (Å²) >= 11 is 0. The van der Waals surface area contributed by atoms with Gasteiger partial charge in [-0.05, 0) is 42.2 Å². The molecule has 2 heterocycles. The van der Waals surface area contributed by atoms with E-state index in [2.05, 4.69) is 11.5 Å². The van der Waals surface area contributed by atoms with Gasteiger partial charge in [-0.2, -0.15) is 13.2 Å². The molecule has 41 heavy (non-hydrogen) atoms. The Hall–Kier alpha value is -3.59. The molecule has 2 aliphatic heterocycles. The Morgan fingerprint density at radius 2 is 1.80 bits per heavy atom. The number of hydrogen-bond acceptors (Lipinski definition) is 5. The largest absolute Gasteiger partial charge is 0.436 e. The van der Waals surface area contributed by atoms with Gasteiger partial charge in [0.05, 0.1) is 11.3 Å². The first-order valence-corrected chi connectivity index (χ1v) is 14.2. The van der Waals surface area contributed by atoms with E-state index in [1.807, 2.05) is 6.08 Å². The van der Waals surface area contributed by atoms with Crippen LogP contribution in [0.15, 0.2) is 66.9 Å².